The standard InChI is InChI=1S/C20H22N2O2/c1-16(2)18-12-6-7-13-19(18)24-15-20(23)22-21-14-8-11-17-9-4-3-5-10-17/h3-14,16H,15H2,1-2H3,(H,22,23)/b11-8+,21-14+. The Morgan fingerprint density at radius 3 is 2.58 bits per heavy atom. The molecule has 124 valence electrons. The fraction of sp³-hybridized carbons (Fsp3) is 0.200. The summed E-state index contributed by atoms with van der Waals surface area (Å²) in [6.07, 6.45) is 5.21. The number of benzene rings is 2. The zero-order chi connectivity index (χ0) is 17.2. The number of allylic oxidation sites excluding steroid dienone is 1. The van der Waals surface area contributed by atoms with Crippen LogP contribution >= 0.6 is 0 Å². The molecule has 0 bridgehead atoms. The van der Waals surface area contributed by atoms with Crippen molar-refractivity contribution in [1.82, 2.24) is 5.43 Å². The smallest absolute Gasteiger partial charge is 0.277 e. The molecule has 0 aromatic heterocycles. The van der Waals surface area contributed by atoms with Crippen molar-refractivity contribution in [2.45, 2.75) is 19.8 Å². The summed E-state index contributed by atoms with van der Waals surface area (Å²) in [5.74, 6) is 0.777. The van der Waals surface area contributed by atoms with Gasteiger partial charge in [-0.2, -0.15) is 5.10 Å². The van der Waals surface area contributed by atoms with Gasteiger partial charge in [0.15, 0.2) is 6.61 Å². The van der Waals surface area contributed by atoms with Gasteiger partial charge in [-0.1, -0.05) is 68.5 Å². The lowest BCUT2D eigenvalue weighted by Gasteiger charge is -2.12. The van der Waals surface area contributed by atoms with Crippen LogP contribution in [0.2, 0.25) is 0 Å². The Morgan fingerprint density at radius 1 is 1.12 bits per heavy atom. The van der Waals surface area contributed by atoms with Gasteiger partial charge < -0.3 is 4.74 Å². The van der Waals surface area contributed by atoms with E-state index in [2.05, 4.69) is 24.4 Å². The van der Waals surface area contributed by atoms with Crippen molar-refractivity contribution in [2.75, 3.05) is 6.61 Å². The molecule has 4 nitrogen and oxygen atoms in total. The Bertz CT molecular complexity index is 707. The van der Waals surface area contributed by atoms with Gasteiger partial charge in [0.25, 0.3) is 5.91 Å². The number of hydrogen-bond acceptors (Lipinski definition) is 3. The van der Waals surface area contributed by atoms with Crippen LogP contribution in [0.1, 0.15) is 30.9 Å². The normalized spacial score (nSPS) is 11.3. The number of amides is 1. The number of nitrogens with zero attached hydrogens (tertiary/aromatic N) is 1. The topological polar surface area (TPSA) is 50.7 Å². The molecule has 0 aliphatic carbocycles. The van der Waals surface area contributed by atoms with E-state index in [0.717, 1.165) is 16.9 Å². The highest BCUT2D eigenvalue weighted by Gasteiger charge is 2.08. The van der Waals surface area contributed by atoms with E-state index in [1.165, 1.54) is 6.21 Å². The van der Waals surface area contributed by atoms with E-state index in [1.54, 1.807) is 6.08 Å². The van der Waals surface area contributed by atoms with Crippen molar-refractivity contribution in [3.05, 3.63) is 71.8 Å². The summed E-state index contributed by atoms with van der Waals surface area (Å²) < 4.78 is 5.58. The SMILES string of the molecule is CC(C)c1ccccc1OCC(=O)N/N=C/C=C/c1ccccc1. The molecule has 0 unspecified atom stereocenters. The summed E-state index contributed by atoms with van der Waals surface area (Å²) in [5.41, 5.74) is 4.60. The lowest BCUT2D eigenvalue weighted by Crippen LogP contribution is -2.24. The molecule has 24 heavy (non-hydrogen) atoms. The number of nitrogens with one attached hydrogen (secondary N) is 1. The molecular formula is C20H22N2O2. The molecule has 0 spiro atoms. The largest absolute Gasteiger partial charge is 0.483 e. The minimum atomic E-state index is -0.294. The molecule has 1 amide bonds. The number of hydrazone groups is 1. The lowest BCUT2D eigenvalue weighted by atomic mass is 10.0. The third kappa shape index (κ3) is 5.72. The van der Waals surface area contributed by atoms with Crippen molar-refractivity contribution >= 4 is 18.2 Å². The van der Waals surface area contributed by atoms with Crippen LogP contribution in [-0.2, 0) is 4.79 Å². The molecule has 0 atom stereocenters. The summed E-state index contributed by atoms with van der Waals surface area (Å²) in [6, 6.07) is 17.6. The van der Waals surface area contributed by atoms with Gasteiger partial charge in [-0.15, -0.1) is 0 Å². The number of rotatable bonds is 7. The minimum Gasteiger partial charge on any atom is -0.483 e. The first kappa shape index (κ1) is 17.5. The van der Waals surface area contributed by atoms with Crippen LogP contribution in [0.25, 0.3) is 6.08 Å². The van der Waals surface area contributed by atoms with Gasteiger partial charge in [0.05, 0.1) is 0 Å². The van der Waals surface area contributed by atoms with Crippen molar-refractivity contribution < 1.29 is 9.53 Å². The maximum Gasteiger partial charge on any atom is 0.277 e. The molecule has 0 aliphatic rings. The van der Waals surface area contributed by atoms with E-state index < -0.39 is 0 Å². The van der Waals surface area contributed by atoms with E-state index in [0.29, 0.717) is 5.92 Å². The Hall–Kier alpha value is -2.88. The second-order valence-electron chi connectivity index (χ2n) is 5.56. The Labute approximate surface area is 142 Å². The van der Waals surface area contributed by atoms with Gasteiger partial charge in [0, 0.05) is 6.21 Å². The lowest BCUT2D eigenvalue weighted by molar-refractivity contribution is -0.123. The first-order valence-electron chi connectivity index (χ1n) is 7.92. The molecular weight excluding hydrogens is 300 g/mol. The van der Waals surface area contributed by atoms with E-state index in [-0.39, 0.29) is 12.5 Å². The monoisotopic (exact) mass is 322 g/mol. The van der Waals surface area contributed by atoms with Gasteiger partial charge in [-0.05, 0) is 29.2 Å². The Kier molecular flexibility index (Phi) is 6.77. The molecule has 2 aromatic carbocycles. The molecule has 2 aromatic rings. The average Bonchev–Trinajstić information content (AvgIpc) is 2.60. The van der Waals surface area contributed by atoms with Crippen LogP contribution < -0.4 is 10.2 Å². The van der Waals surface area contributed by atoms with Crippen molar-refractivity contribution in [3.63, 3.8) is 0 Å². The molecule has 4 heteroatoms. The van der Waals surface area contributed by atoms with Gasteiger partial charge in [0.2, 0.25) is 0 Å². The quantitative estimate of drug-likeness (QED) is 0.618. The molecule has 2 rings (SSSR count). The fourth-order valence-electron chi connectivity index (χ4n) is 2.14. The number of hydrogen-bond donors (Lipinski definition) is 1. The molecule has 0 fully saturated rings. The summed E-state index contributed by atoms with van der Waals surface area (Å²) in [6.45, 7) is 4.11. The number of para-hydroxylation sites is 1. The van der Waals surface area contributed by atoms with E-state index >= 15 is 0 Å². The fourth-order valence-corrected chi connectivity index (χ4v) is 2.14. The Morgan fingerprint density at radius 2 is 1.83 bits per heavy atom. The summed E-state index contributed by atoms with van der Waals surface area (Å²) in [4.78, 5) is 11.8. The van der Waals surface area contributed by atoms with Crippen molar-refractivity contribution in [2.24, 2.45) is 5.10 Å². The summed E-state index contributed by atoms with van der Waals surface area (Å²) >= 11 is 0. The van der Waals surface area contributed by atoms with Crippen LogP contribution in [-0.4, -0.2) is 18.7 Å². The predicted octanol–water partition coefficient (Wildman–Crippen LogP) is 4.00. The maximum atomic E-state index is 11.8. The third-order valence-corrected chi connectivity index (χ3v) is 3.34. The first-order valence-corrected chi connectivity index (χ1v) is 7.92. The molecule has 0 saturated carbocycles. The van der Waals surface area contributed by atoms with Gasteiger partial charge in [-0.3, -0.25) is 4.79 Å². The molecule has 0 saturated heterocycles. The number of carbonyl (C=O) groups is 1. The molecule has 0 aliphatic heterocycles. The van der Waals surface area contributed by atoms with Crippen LogP contribution in [0.15, 0.2) is 65.8 Å². The number of ether oxygens (including phenoxy) is 1. The van der Waals surface area contributed by atoms with Gasteiger partial charge >= 0.3 is 0 Å². The van der Waals surface area contributed by atoms with Crippen LogP contribution in [0, 0.1) is 0 Å². The zero-order valence-corrected chi connectivity index (χ0v) is 14.0. The van der Waals surface area contributed by atoms with Crippen LogP contribution in [0.5, 0.6) is 5.75 Å². The highest BCUT2D eigenvalue weighted by Crippen LogP contribution is 2.25. The summed E-state index contributed by atoms with van der Waals surface area (Å²) in [5, 5.41) is 3.86. The Balaban J connectivity index is 1.78. The van der Waals surface area contributed by atoms with E-state index in [4.69, 9.17) is 4.74 Å². The van der Waals surface area contributed by atoms with E-state index in [1.807, 2.05) is 60.7 Å². The van der Waals surface area contributed by atoms with Crippen molar-refractivity contribution in [3.8, 4) is 5.75 Å². The highest BCUT2D eigenvalue weighted by molar-refractivity contribution is 5.82. The van der Waals surface area contributed by atoms with Crippen LogP contribution in [0.4, 0.5) is 0 Å². The average molecular weight is 322 g/mol. The van der Waals surface area contributed by atoms with E-state index in [9.17, 15) is 4.79 Å². The zero-order valence-electron chi connectivity index (χ0n) is 14.0. The number of carbonyl (C=O) groups excluding carboxylic acids is 1. The van der Waals surface area contributed by atoms with Crippen molar-refractivity contribution in [1.29, 1.82) is 0 Å². The summed E-state index contributed by atoms with van der Waals surface area (Å²) in [7, 11) is 0. The first-order chi connectivity index (χ1) is 11.7. The second kappa shape index (κ2) is 9.30. The minimum absolute atomic E-state index is 0.0660. The molecule has 0 radical (unpaired) electrons. The van der Waals surface area contributed by atoms with Gasteiger partial charge in [-0.25, -0.2) is 5.43 Å². The third-order valence-electron chi connectivity index (χ3n) is 3.34. The molecule has 1 N–H and O–H groups in total. The highest BCUT2D eigenvalue weighted by atomic mass is 16.5. The molecule has 0 heterocycles. The van der Waals surface area contributed by atoms with Gasteiger partial charge in [0.1, 0.15) is 5.75 Å². The second-order valence-corrected chi connectivity index (χ2v) is 5.56. The predicted molar refractivity (Wildman–Crippen MR) is 98.1 cm³/mol. The van der Waals surface area contributed by atoms with Crippen LogP contribution in [0.3, 0.4) is 0 Å². The maximum absolute atomic E-state index is 11.8.